The summed E-state index contributed by atoms with van der Waals surface area (Å²) in [7, 11) is 0. The maximum atomic E-state index is 12.3. The van der Waals surface area contributed by atoms with Gasteiger partial charge in [0.05, 0.1) is 11.7 Å². The highest BCUT2D eigenvalue weighted by Crippen LogP contribution is 2.32. The number of halogens is 1. The molecule has 1 fully saturated rings. The zero-order chi connectivity index (χ0) is 13.2. The fourth-order valence-corrected chi connectivity index (χ4v) is 2.92. The molecule has 0 saturated heterocycles. The number of carbonyl (C=O) groups is 1. The summed E-state index contributed by atoms with van der Waals surface area (Å²) in [6.07, 6.45) is 4.86. The van der Waals surface area contributed by atoms with Crippen molar-refractivity contribution in [2.45, 2.75) is 19.3 Å². The van der Waals surface area contributed by atoms with E-state index >= 15 is 0 Å². The number of anilines is 1. The molecule has 1 heterocycles. The summed E-state index contributed by atoms with van der Waals surface area (Å²) in [4.78, 5) is 12.3. The summed E-state index contributed by atoms with van der Waals surface area (Å²) in [5.74, 6) is 0.485. The van der Waals surface area contributed by atoms with Crippen LogP contribution in [0.3, 0.4) is 0 Å². The van der Waals surface area contributed by atoms with Crippen LogP contribution in [0.25, 0.3) is 10.9 Å². The van der Waals surface area contributed by atoms with E-state index in [4.69, 9.17) is 5.73 Å². The first-order valence-electron chi connectivity index (χ1n) is 6.72. The normalized spacial score (nSPS) is 21.6. The Labute approximate surface area is 123 Å². The highest BCUT2D eigenvalue weighted by Gasteiger charge is 2.31. The third-order valence-corrected chi connectivity index (χ3v) is 4.01. The summed E-state index contributed by atoms with van der Waals surface area (Å²) in [6, 6.07) is 5.75. The quantitative estimate of drug-likeness (QED) is 0.812. The van der Waals surface area contributed by atoms with E-state index in [1.54, 1.807) is 6.20 Å². The number of benzene rings is 1. The third kappa shape index (κ3) is 2.78. The van der Waals surface area contributed by atoms with Gasteiger partial charge in [0.2, 0.25) is 5.91 Å². The minimum absolute atomic E-state index is 0. The van der Waals surface area contributed by atoms with Crippen LogP contribution >= 0.6 is 12.4 Å². The monoisotopic (exact) mass is 294 g/mol. The third-order valence-electron chi connectivity index (χ3n) is 4.01. The lowest BCUT2D eigenvalue weighted by molar-refractivity contribution is -0.120. The van der Waals surface area contributed by atoms with Gasteiger partial charge >= 0.3 is 0 Å². The van der Waals surface area contributed by atoms with Crippen LogP contribution in [-0.2, 0) is 4.79 Å². The van der Waals surface area contributed by atoms with E-state index in [9.17, 15) is 4.79 Å². The topological polar surface area (TPSA) is 83.8 Å². The molecule has 5 nitrogen and oxygen atoms in total. The van der Waals surface area contributed by atoms with Crippen molar-refractivity contribution in [2.24, 2.45) is 17.6 Å². The van der Waals surface area contributed by atoms with Crippen LogP contribution < -0.4 is 11.1 Å². The standard InChI is InChI=1S/C14H18N4O.ClH/c15-7-9-2-1-3-12(9)14(19)17-11-4-5-13-10(6-11)8-16-18-13;/h4-6,8-9,12H,1-3,7,15H2,(H,16,18)(H,17,19);1H/t9-,12-;/m1./s1. The van der Waals surface area contributed by atoms with E-state index in [2.05, 4.69) is 15.5 Å². The number of aromatic amines is 1. The van der Waals surface area contributed by atoms with Crippen molar-refractivity contribution in [1.29, 1.82) is 0 Å². The van der Waals surface area contributed by atoms with Crippen molar-refractivity contribution in [3.63, 3.8) is 0 Å². The van der Waals surface area contributed by atoms with Gasteiger partial charge in [0.1, 0.15) is 0 Å². The molecule has 1 aliphatic rings. The average molecular weight is 295 g/mol. The molecule has 1 saturated carbocycles. The molecule has 4 N–H and O–H groups in total. The van der Waals surface area contributed by atoms with Crippen LogP contribution in [0.2, 0.25) is 0 Å². The summed E-state index contributed by atoms with van der Waals surface area (Å²) >= 11 is 0. The van der Waals surface area contributed by atoms with Crippen molar-refractivity contribution >= 4 is 34.9 Å². The molecular weight excluding hydrogens is 276 g/mol. The lowest BCUT2D eigenvalue weighted by Gasteiger charge is -2.17. The maximum Gasteiger partial charge on any atom is 0.227 e. The lowest BCUT2D eigenvalue weighted by atomic mass is 9.95. The first kappa shape index (κ1) is 14.8. The molecule has 1 aliphatic carbocycles. The number of amides is 1. The first-order valence-corrected chi connectivity index (χ1v) is 6.72. The number of hydrogen-bond donors (Lipinski definition) is 3. The lowest BCUT2D eigenvalue weighted by Crippen LogP contribution is -2.29. The van der Waals surface area contributed by atoms with Gasteiger partial charge in [-0.15, -0.1) is 12.4 Å². The number of H-pyrrole nitrogens is 1. The van der Waals surface area contributed by atoms with E-state index in [1.807, 2.05) is 18.2 Å². The van der Waals surface area contributed by atoms with Crippen LogP contribution in [-0.4, -0.2) is 22.6 Å². The summed E-state index contributed by atoms with van der Waals surface area (Å²) < 4.78 is 0. The molecule has 0 radical (unpaired) electrons. The highest BCUT2D eigenvalue weighted by molar-refractivity contribution is 5.95. The van der Waals surface area contributed by atoms with Crippen LogP contribution in [0, 0.1) is 11.8 Å². The van der Waals surface area contributed by atoms with E-state index in [-0.39, 0.29) is 24.2 Å². The second kappa shape index (κ2) is 6.24. The van der Waals surface area contributed by atoms with Gasteiger partial charge in [-0.1, -0.05) is 6.42 Å². The Bertz CT molecular complexity index is 598. The molecule has 2 aromatic rings. The molecule has 2 atom stereocenters. The zero-order valence-electron chi connectivity index (χ0n) is 11.1. The Kier molecular flexibility index (Phi) is 4.62. The van der Waals surface area contributed by atoms with Crippen molar-refractivity contribution in [3.8, 4) is 0 Å². The van der Waals surface area contributed by atoms with Gasteiger partial charge in [0.15, 0.2) is 0 Å². The molecule has 0 aliphatic heterocycles. The minimum atomic E-state index is 0. The second-order valence-electron chi connectivity index (χ2n) is 5.19. The number of aromatic nitrogens is 2. The van der Waals surface area contributed by atoms with Gasteiger partial charge in [-0.2, -0.15) is 5.10 Å². The van der Waals surface area contributed by atoms with Crippen LogP contribution in [0.4, 0.5) is 5.69 Å². The van der Waals surface area contributed by atoms with Crippen molar-refractivity contribution in [1.82, 2.24) is 10.2 Å². The predicted molar refractivity (Wildman–Crippen MR) is 81.9 cm³/mol. The molecule has 6 heteroatoms. The smallest absolute Gasteiger partial charge is 0.227 e. The number of rotatable bonds is 3. The maximum absolute atomic E-state index is 12.3. The van der Waals surface area contributed by atoms with Gasteiger partial charge in [0, 0.05) is 17.0 Å². The number of nitrogens with two attached hydrogens (primary N) is 1. The molecular formula is C14H19ClN4O. The Morgan fingerprint density at radius 3 is 3.10 bits per heavy atom. The van der Waals surface area contributed by atoms with Crippen molar-refractivity contribution in [3.05, 3.63) is 24.4 Å². The SMILES string of the molecule is Cl.NC[C@H]1CCC[C@H]1C(=O)Nc1ccc2[nH]ncc2c1. The number of carbonyl (C=O) groups excluding carboxylic acids is 1. The largest absolute Gasteiger partial charge is 0.330 e. The Morgan fingerprint density at radius 1 is 1.45 bits per heavy atom. The fraction of sp³-hybridized carbons (Fsp3) is 0.429. The Balaban J connectivity index is 0.00000147. The summed E-state index contributed by atoms with van der Waals surface area (Å²) in [5, 5.41) is 10.9. The Morgan fingerprint density at radius 2 is 2.30 bits per heavy atom. The first-order chi connectivity index (χ1) is 9.28. The van der Waals surface area contributed by atoms with E-state index in [0.717, 1.165) is 35.9 Å². The van der Waals surface area contributed by atoms with E-state index in [0.29, 0.717) is 12.5 Å². The molecule has 20 heavy (non-hydrogen) atoms. The van der Waals surface area contributed by atoms with Crippen LogP contribution in [0.5, 0.6) is 0 Å². The van der Waals surface area contributed by atoms with Crippen LogP contribution in [0.1, 0.15) is 19.3 Å². The second-order valence-corrected chi connectivity index (χ2v) is 5.19. The van der Waals surface area contributed by atoms with Gasteiger partial charge in [-0.05, 0) is 43.5 Å². The fourth-order valence-electron chi connectivity index (χ4n) is 2.92. The summed E-state index contributed by atoms with van der Waals surface area (Å²) in [5.41, 5.74) is 7.52. The Hall–Kier alpha value is -1.59. The number of hydrogen-bond acceptors (Lipinski definition) is 3. The molecule has 0 spiro atoms. The zero-order valence-corrected chi connectivity index (χ0v) is 12.0. The summed E-state index contributed by atoms with van der Waals surface area (Å²) in [6.45, 7) is 0.596. The minimum Gasteiger partial charge on any atom is -0.330 e. The molecule has 1 aromatic heterocycles. The van der Waals surface area contributed by atoms with Gasteiger partial charge < -0.3 is 11.1 Å². The van der Waals surface area contributed by atoms with Crippen molar-refractivity contribution < 1.29 is 4.79 Å². The van der Waals surface area contributed by atoms with Gasteiger partial charge in [-0.3, -0.25) is 9.89 Å². The molecule has 1 amide bonds. The molecule has 1 aromatic carbocycles. The molecule has 108 valence electrons. The number of nitrogens with zero attached hydrogens (tertiary/aromatic N) is 1. The molecule has 0 bridgehead atoms. The van der Waals surface area contributed by atoms with Gasteiger partial charge in [-0.25, -0.2) is 0 Å². The van der Waals surface area contributed by atoms with Gasteiger partial charge in [0.25, 0.3) is 0 Å². The molecule has 0 unspecified atom stereocenters. The van der Waals surface area contributed by atoms with E-state index < -0.39 is 0 Å². The highest BCUT2D eigenvalue weighted by atomic mass is 35.5. The number of nitrogens with one attached hydrogen (secondary N) is 2. The average Bonchev–Trinajstić information content (AvgIpc) is 3.06. The van der Waals surface area contributed by atoms with Crippen LogP contribution in [0.15, 0.2) is 24.4 Å². The number of fused-ring (bicyclic) bond motifs is 1. The van der Waals surface area contributed by atoms with E-state index in [1.165, 1.54) is 0 Å². The molecule has 3 rings (SSSR count). The predicted octanol–water partition coefficient (Wildman–Crippen LogP) is 2.30. The van der Waals surface area contributed by atoms with Crippen molar-refractivity contribution in [2.75, 3.05) is 11.9 Å².